The first kappa shape index (κ1) is 10.2. The third-order valence-electron chi connectivity index (χ3n) is 2.00. The Hall–Kier alpha value is 0.210. The summed E-state index contributed by atoms with van der Waals surface area (Å²) < 4.78 is 5.18. The fourth-order valence-corrected chi connectivity index (χ4v) is 1.40. The van der Waals surface area contributed by atoms with Gasteiger partial charge < -0.3 is 10.5 Å². The third kappa shape index (κ3) is 2.86. The van der Waals surface area contributed by atoms with Crippen LogP contribution >= 0.6 is 12.4 Å². The van der Waals surface area contributed by atoms with Gasteiger partial charge in [0.1, 0.15) is 0 Å². The minimum atomic E-state index is 0. The van der Waals surface area contributed by atoms with Crippen molar-refractivity contribution in [2.75, 3.05) is 7.11 Å². The normalized spacial score (nSPS) is 33.0. The average Bonchev–Trinajstić information content (AvgIpc) is 1.88. The van der Waals surface area contributed by atoms with Gasteiger partial charge in [-0.15, -0.1) is 12.4 Å². The lowest BCUT2D eigenvalue weighted by atomic mass is 9.94. The molecule has 1 aliphatic carbocycles. The lowest BCUT2D eigenvalue weighted by Gasteiger charge is -2.24. The minimum absolute atomic E-state index is 0. The zero-order valence-corrected chi connectivity index (χ0v) is 7.19. The van der Waals surface area contributed by atoms with Crippen molar-refractivity contribution in [1.82, 2.24) is 0 Å². The van der Waals surface area contributed by atoms with E-state index in [1.54, 1.807) is 7.11 Å². The molecule has 2 N–H and O–H groups in total. The molecule has 1 saturated carbocycles. The molecule has 1 aliphatic rings. The van der Waals surface area contributed by atoms with E-state index in [0.29, 0.717) is 12.1 Å². The smallest absolute Gasteiger partial charge is 0.0586 e. The highest BCUT2D eigenvalue weighted by Crippen LogP contribution is 2.18. The van der Waals surface area contributed by atoms with Crippen LogP contribution in [0.3, 0.4) is 0 Å². The van der Waals surface area contributed by atoms with Gasteiger partial charge in [0.2, 0.25) is 0 Å². The Morgan fingerprint density at radius 3 is 2.50 bits per heavy atom. The van der Waals surface area contributed by atoms with Crippen LogP contribution in [0.2, 0.25) is 0 Å². The quantitative estimate of drug-likeness (QED) is 0.636. The van der Waals surface area contributed by atoms with Crippen LogP contribution in [0.1, 0.15) is 25.7 Å². The molecule has 0 heterocycles. The molecule has 1 fully saturated rings. The standard InChI is InChI=1S/C7H15NO.ClH/c1-9-7-4-2-3-6(8)5-7;/h6-7H,2-5,8H2,1H3;1H. The maximum Gasteiger partial charge on any atom is 0.0586 e. The molecule has 10 heavy (non-hydrogen) atoms. The Bertz CT molecular complexity index is 89.7. The van der Waals surface area contributed by atoms with Crippen molar-refractivity contribution in [2.24, 2.45) is 5.73 Å². The molecular weight excluding hydrogens is 150 g/mol. The maximum atomic E-state index is 5.72. The van der Waals surface area contributed by atoms with E-state index in [4.69, 9.17) is 10.5 Å². The molecule has 0 aromatic rings. The lowest BCUT2D eigenvalue weighted by Crippen LogP contribution is -2.31. The second kappa shape index (κ2) is 4.94. The predicted molar refractivity (Wildman–Crippen MR) is 44.5 cm³/mol. The van der Waals surface area contributed by atoms with Crippen molar-refractivity contribution in [3.05, 3.63) is 0 Å². The molecule has 0 bridgehead atoms. The van der Waals surface area contributed by atoms with Crippen molar-refractivity contribution in [1.29, 1.82) is 0 Å². The van der Waals surface area contributed by atoms with Gasteiger partial charge in [0, 0.05) is 13.2 Å². The second-order valence-electron chi connectivity index (χ2n) is 2.78. The maximum absolute atomic E-state index is 5.72. The van der Waals surface area contributed by atoms with E-state index in [1.165, 1.54) is 19.3 Å². The summed E-state index contributed by atoms with van der Waals surface area (Å²) in [5, 5.41) is 0. The van der Waals surface area contributed by atoms with Gasteiger partial charge in [-0.25, -0.2) is 0 Å². The Labute approximate surface area is 68.5 Å². The molecular formula is C7H16ClNO. The molecule has 0 amide bonds. The SMILES string of the molecule is COC1CCCC(N)C1.Cl. The number of ether oxygens (including phenoxy) is 1. The highest BCUT2D eigenvalue weighted by atomic mass is 35.5. The lowest BCUT2D eigenvalue weighted by molar-refractivity contribution is 0.0645. The van der Waals surface area contributed by atoms with Gasteiger partial charge >= 0.3 is 0 Å². The van der Waals surface area contributed by atoms with Crippen LogP contribution in [-0.4, -0.2) is 19.3 Å². The van der Waals surface area contributed by atoms with E-state index < -0.39 is 0 Å². The summed E-state index contributed by atoms with van der Waals surface area (Å²) in [7, 11) is 1.77. The molecule has 62 valence electrons. The first-order valence-electron chi connectivity index (χ1n) is 3.61. The van der Waals surface area contributed by atoms with Gasteiger partial charge in [-0.3, -0.25) is 0 Å². The summed E-state index contributed by atoms with van der Waals surface area (Å²) in [5.41, 5.74) is 5.72. The fourth-order valence-electron chi connectivity index (χ4n) is 1.40. The van der Waals surface area contributed by atoms with E-state index in [2.05, 4.69) is 0 Å². The van der Waals surface area contributed by atoms with Crippen molar-refractivity contribution in [2.45, 2.75) is 37.8 Å². The number of hydrogen-bond acceptors (Lipinski definition) is 2. The van der Waals surface area contributed by atoms with Crippen LogP contribution in [0.4, 0.5) is 0 Å². The largest absolute Gasteiger partial charge is 0.381 e. The van der Waals surface area contributed by atoms with Gasteiger partial charge in [0.25, 0.3) is 0 Å². The predicted octanol–water partition coefficient (Wildman–Crippen LogP) is 1.32. The van der Waals surface area contributed by atoms with E-state index in [-0.39, 0.29) is 12.4 Å². The second-order valence-corrected chi connectivity index (χ2v) is 2.78. The summed E-state index contributed by atoms with van der Waals surface area (Å²) >= 11 is 0. The van der Waals surface area contributed by atoms with Crippen LogP contribution in [0.25, 0.3) is 0 Å². The highest BCUT2D eigenvalue weighted by Gasteiger charge is 2.17. The first-order chi connectivity index (χ1) is 4.33. The number of nitrogens with two attached hydrogens (primary N) is 1. The first-order valence-corrected chi connectivity index (χ1v) is 3.61. The Morgan fingerprint density at radius 2 is 2.10 bits per heavy atom. The van der Waals surface area contributed by atoms with Crippen LogP contribution in [0.15, 0.2) is 0 Å². The molecule has 0 radical (unpaired) electrons. The molecule has 0 aromatic heterocycles. The van der Waals surface area contributed by atoms with Crippen molar-refractivity contribution in [3.63, 3.8) is 0 Å². The summed E-state index contributed by atoms with van der Waals surface area (Å²) in [6, 6.07) is 0.392. The molecule has 0 spiro atoms. The average molecular weight is 166 g/mol. The summed E-state index contributed by atoms with van der Waals surface area (Å²) in [6.45, 7) is 0. The highest BCUT2D eigenvalue weighted by molar-refractivity contribution is 5.85. The molecule has 2 unspecified atom stereocenters. The van der Waals surface area contributed by atoms with Crippen molar-refractivity contribution < 1.29 is 4.74 Å². The number of halogens is 1. The third-order valence-corrected chi connectivity index (χ3v) is 2.00. The molecule has 0 aromatic carbocycles. The van der Waals surface area contributed by atoms with E-state index >= 15 is 0 Å². The van der Waals surface area contributed by atoms with Crippen LogP contribution < -0.4 is 5.73 Å². The van der Waals surface area contributed by atoms with Crippen LogP contribution in [0.5, 0.6) is 0 Å². The Kier molecular flexibility index (Phi) is 5.04. The summed E-state index contributed by atoms with van der Waals surface area (Å²) in [6.07, 6.45) is 5.11. The van der Waals surface area contributed by atoms with Gasteiger partial charge in [0.15, 0.2) is 0 Å². The van der Waals surface area contributed by atoms with Gasteiger partial charge in [-0.1, -0.05) is 0 Å². The monoisotopic (exact) mass is 165 g/mol. The number of methoxy groups -OCH3 is 1. The van der Waals surface area contributed by atoms with Crippen LogP contribution in [0, 0.1) is 0 Å². The van der Waals surface area contributed by atoms with Crippen LogP contribution in [-0.2, 0) is 4.74 Å². The van der Waals surface area contributed by atoms with Gasteiger partial charge in [-0.05, 0) is 25.7 Å². The molecule has 0 aliphatic heterocycles. The minimum Gasteiger partial charge on any atom is -0.381 e. The van der Waals surface area contributed by atoms with Gasteiger partial charge in [0.05, 0.1) is 6.10 Å². The molecule has 2 atom stereocenters. The number of hydrogen-bond donors (Lipinski definition) is 1. The van der Waals surface area contributed by atoms with Crippen molar-refractivity contribution >= 4 is 12.4 Å². The zero-order chi connectivity index (χ0) is 6.69. The molecule has 0 saturated heterocycles. The Balaban J connectivity index is 0.000000810. The Morgan fingerprint density at radius 1 is 1.40 bits per heavy atom. The van der Waals surface area contributed by atoms with E-state index in [1.807, 2.05) is 0 Å². The zero-order valence-electron chi connectivity index (χ0n) is 6.38. The topological polar surface area (TPSA) is 35.2 Å². The summed E-state index contributed by atoms with van der Waals surface area (Å²) in [5.74, 6) is 0. The van der Waals surface area contributed by atoms with E-state index in [0.717, 1.165) is 6.42 Å². The van der Waals surface area contributed by atoms with Gasteiger partial charge in [-0.2, -0.15) is 0 Å². The van der Waals surface area contributed by atoms with E-state index in [9.17, 15) is 0 Å². The van der Waals surface area contributed by atoms with Crippen molar-refractivity contribution in [3.8, 4) is 0 Å². The molecule has 3 heteroatoms. The fraction of sp³-hybridized carbons (Fsp3) is 1.00. The number of rotatable bonds is 1. The summed E-state index contributed by atoms with van der Waals surface area (Å²) in [4.78, 5) is 0. The molecule has 1 rings (SSSR count). The molecule has 2 nitrogen and oxygen atoms in total.